The van der Waals surface area contributed by atoms with Crippen LogP contribution in [0.3, 0.4) is 0 Å². The summed E-state index contributed by atoms with van der Waals surface area (Å²) in [6.07, 6.45) is 4.18. The highest BCUT2D eigenvalue weighted by atomic mass is 35.5. The molecule has 1 aliphatic heterocycles. The summed E-state index contributed by atoms with van der Waals surface area (Å²) in [7, 11) is 0. The van der Waals surface area contributed by atoms with Gasteiger partial charge in [-0.2, -0.15) is 0 Å². The van der Waals surface area contributed by atoms with Gasteiger partial charge in [-0.1, -0.05) is 28.4 Å². The number of fused-ring (bicyclic) bond motifs is 5. The summed E-state index contributed by atoms with van der Waals surface area (Å²) in [6.45, 7) is 6.11. The molecule has 2 nitrogen and oxygen atoms in total. The third-order valence-corrected chi connectivity index (χ3v) is 6.89. The second kappa shape index (κ2) is 4.63. The van der Waals surface area contributed by atoms with Crippen LogP contribution in [0.25, 0.3) is 0 Å². The molecule has 0 amide bonds. The van der Waals surface area contributed by atoms with Crippen molar-refractivity contribution in [2.75, 3.05) is 0 Å². The average Bonchev–Trinajstić information content (AvgIpc) is 3.16. The van der Waals surface area contributed by atoms with Crippen molar-refractivity contribution in [3.8, 4) is 0 Å². The van der Waals surface area contributed by atoms with Crippen molar-refractivity contribution < 1.29 is 4.84 Å². The average molecular weight is 324 g/mol. The number of halogens is 2. The van der Waals surface area contributed by atoms with E-state index >= 15 is 0 Å². The lowest BCUT2D eigenvalue weighted by atomic mass is 9.79. The standard InChI is InChI=1S/C17H19Cl2NO/c1-7-12(8(2)15(19)9(3)14(7)18)16-13-10-4-5-11(6-10)17(13)21-20-16/h10-11,13,17H,4-6H2,1-3H3/t10-,11+,13-,17-/m1/s1. The molecule has 0 spiro atoms. The summed E-state index contributed by atoms with van der Waals surface area (Å²) in [6, 6.07) is 0. The van der Waals surface area contributed by atoms with Gasteiger partial charge in [-0.25, -0.2) is 0 Å². The molecular weight excluding hydrogens is 305 g/mol. The molecule has 112 valence electrons. The van der Waals surface area contributed by atoms with E-state index in [1.165, 1.54) is 19.3 Å². The highest BCUT2D eigenvalue weighted by Crippen LogP contribution is 2.54. The van der Waals surface area contributed by atoms with E-state index in [1.807, 2.05) is 6.92 Å². The topological polar surface area (TPSA) is 21.6 Å². The van der Waals surface area contributed by atoms with Gasteiger partial charge in [0.25, 0.3) is 0 Å². The Morgan fingerprint density at radius 1 is 0.952 bits per heavy atom. The van der Waals surface area contributed by atoms with Crippen LogP contribution in [0.1, 0.15) is 41.5 Å². The molecule has 0 unspecified atom stereocenters. The van der Waals surface area contributed by atoms with Gasteiger partial charge in [-0.3, -0.25) is 0 Å². The minimum absolute atomic E-state index is 0.288. The lowest BCUT2D eigenvalue weighted by Gasteiger charge is -2.25. The summed E-state index contributed by atoms with van der Waals surface area (Å²) in [5.74, 6) is 1.85. The van der Waals surface area contributed by atoms with E-state index in [1.54, 1.807) is 0 Å². The van der Waals surface area contributed by atoms with E-state index in [4.69, 9.17) is 28.0 Å². The van der Waals surface area contributed by atoms with Crippen LogP contribution in [-0.2, 0) is 4.84 Å². The fourth-order valence-electron chi connectivity index (χ4n) is 4.70. The molecule has 4 atom stereocenters. The van der Waals surface area contributed by atoms with Gasteiger partial charge in [0, 0.05) is 21.5 Å². The zero-order valence-electron chi connectivity index (χ0n) is 12.5. The fraction of sp³-hybridized carbons (Fsp3) is 0.588. The van der Waals surface area contributed by atoms with Gasteiger partial charge in [0.1, 0.15) is 6.10 Å². The second-order valence-electron chi connectivity index (χ2n) is 6.78. The first-order chi connectivity index (χ1) is 10.0. The highest BCUT2D eigenvalue weighted by Gasteiger charge is 2.54. The Hall–Kier alpha value is -0.730. The maximum atomic E-state index is 6.48. The lowest BCUT2D eigenvalue weighted by molar-refractivity contribution is 0.0275. The molecule has 21 heavy (non-hydrogen) atoms. The van der Waals surface area contributed by atoms with Crippen LogP contribution in [0.4, 0.5) is 0 Å². The maximum absolute atomic E-state index is 6.48. The molecule has 0 radical (unpaired) electrons. The van der Waals surface area contributed by atoms with Gasteiger partial charge in [0.05, 0.1) is 5.71 Å². The number of rotatable bonds is 1. The first-order valence-corrected chi connectivity index (χ1v) is 8.45. The van der Waals surface area contributed by atoms with Crippen molar-refractivity contribution in [1.29, 1.82) is 0 Å². The Morgan fingerprint density at radius 3 is 2.24 bits per heavy atom. The molecule has 2 saturated carbocycles. The quantitative estimate of drug-likeness (QED) is 0.707. The van der Waals surface area contributed by atoms with Crippen molar-refractivity contribution in [1.82, 2.24) is 0 Å². The largest absolute Gasteiger partial charge is 0.391 e. The molecule has 2 fully saturated rings. The van der Waals surface area contributed by atoms with Gasteiger partial charge in [-0.15, -0.1) is 0 Å². The smallest absolute Gasteiger partial charge is 0.139 e. The van der Waals surface area contributed by atoms with Crippen LogP contribution in [-0.4, -0.2) is 11.8 Å². The van der Waals surface area contributed by atoms with Crippen LogP contribution in [0.5, 0.6) is 0 Å². The van der Waals surface area contributed by atoms with Crippen LogP contribution in [0, 0.1) is 38.5 Å². The van der Waals surface area contributed by atoms with Crippen LogP contribution >= 0.6 is 23.2 Å². The van der Waals surface area contributed by atoms with Gasteiger partial charge >= 0.3 is 0 Å². The van der Waals surface area contributed by atoms with E-state index in [-0.39, 0.29) is 6.10 Å². The van der Waals surface area contributed by atoms with Crippen LogP contribution < -0.4 is 0 Å². The van der Waals surface area contributed by atoms with Gasteiger partial charge in [0.2, 0.25) is 0 Å². The summed E-state index contributed by atoms with van der Waals surface area (Å²) < 4.78 is 0. The Balaban J connectivity index is 1.85. The Bertz CT molecular complexity index is 638. The van der Waals surface area contributed by atoms with Crippen LogP contribution in [0.15, 0.2) is 5.16 Å². The molecule has 0 N–H and O–H groups in total. The van der Waals surface area contributed by atoms with Crippen molar-refractivity contribution in [2.24, 2.45) is 22.9 Å². The number of nitrogens with zero attached hydrogens (tertiary/aromatic N) is 1. The summed E-state index contributed by atoms with van der Waals surface area (Å²) in [4.78, 5) is 5.80. The first kappa shape index (κ1) is 13.9. The molecule has 1 aromatic rings. The molecule has 1 aromatic carbocycles. The number of hydrogen-bond donors (Lipinski definition) is 0. The molecular formula is C17H19Cl2NO. The van der Waals surface area contributed by atoms with Gasteiger partial charge < -0.3 is 4.84 Å². The predicted octanol–water partition coefficient (Wildman–Crippen LogP) is 5.07. The van der Waals surface area contributed by atoms with Crippen molar-refractivity contribution in [3.63, 3.8) is 0 Å². The van der Waals surface area contributed by atoms with Crippen LogP contribution in [0.2, 0.25) is 10.0 Å². The minimum atomic E-state index is 0.288. The summed E-state index contributed by atoms with van der Waals surface area (Å²) >= 11 is 13.0. The molecule has 4 heteroatoms. The van der Waals surface area contributed by atoms with Crippen molar-refractivity contribution in [2.45, 2.75) is 46.1 Å². The maximum Gasteiger partial charge on any atom is 0.139 e. The summed E-state index contributed by atoms with van der Waals surface area (Å²) in [5.41, 5.74) is 5.34. The predicted molar refractivity (Wildman–Crippen MR) is 86.4 cm³/mol. The van der Waals surface area contributed by atoms with E-state index in [2.05, 4.69) is 19.0 Å². The zero-order valence-corrected chi connectivity index (χ0v) is 14.1. The van der Waals surface area contributed by atoms with Crippen molar-refractivity contribution >= 4 is 28.9 Å². The number of oxime groups is 1. The SMILES string of the molecule is Cc1c(Cl)c(C)c(C2=NO[C@@H]3[C@H]4CC[C@H](C4)[C@H]23)c(C)c1Cl. The normalized spacial score (nSPS) is 33.1. The molecule has 1 heterocycles. The Kier molecular flexibility index (Phi) is 3.07. The third kappa shape index (κ3) is 1.75. The van der Waals surface area contributed by atoms with E-state index in [0.717, 1.165) is 43.9 Å². The van der Waals surface area contributed by atoms with E-state index < -0.39 is 0 Å². The number of hydrogen-bond acceptors (Lipinski definition) is 2. The van der Waals surface area contributed by atoms with E-state index in [0.29, 0.717) is 11.8 Å². The Labute approximate surface area is 135 Å². The fourth-order valence-corrected chi connectivity index (χ4v) is 5.13. The number of benzene rings is 1. The minimum Gasteiger partial charge on any atom is -0.391 e. The summed E-state index contributed by atoms with van der Waals surface area (Å²) in [5, 5.41) is 5.98. The zero-order chi connectivity index (χ0) is 14.9. The molecule has 3 aliphatic rings. The molecule has 4 rings (SSSR count). The van der Waals surface area contributed by atoms with Crippen molar-refractivity contribution in [3.05, 3.63) is 32.3 Å². The second-order valence-corrected chi connectivity index (χ2v) is 7.54. The molecule has 0 aromatic heterocycles. The highest BCUT2D eigenvalue weighted by molar-refractivity contribution is 6.38. The third-order valence-electron chi connectivity index (χ3n) is 5.75. The molecule has 2 bridgehead atoms. The van der Waals surface area contributed by atoms with Gasteiger partial charge in [0.15, 0.2) is 0 Å². The van der Waals surface area contributed by atoms with E-state index in [9.17, 15) is 0 Å². The monoisotopic (exact) mass is 323 g/mol. The molecule has 0 saturated heterocycles. The van der Waals surface area contributed by atoms with Gasteiger partial charge in [-0.05, 0) is 68.6 Å². The first-order valence-electron chi connectivity index (χ1n) is 7.69. The lowest BCUT2D eigenvalue weighted by Crippen LogP contribution is -2.30. The molecule has 2 aliphatic carbocycles. The Morgan fingerprint density at radius 2 is 1.57 bits per heavy atom.